The molecule has 0 radical (unpaired) electrons. The summed E-state index contributed by atoms with van der Waals surface area (Å²) >= 11 is 0. The molecule has 0 fully saturated rings. The molecule has 0 aromatic heterocycles. The van der Waals surface area contributed by atoms with Gasteiger partial charge in [-0.05, 0) is 36.4 Å². The van der Waals surface area contributed by atoms with Crippen LogP contribution in [0.4, 0.5) is 14.5 Å². The van der Waals surface area contributed by atoms with Gasteiger partial charge in [-0.2, -0.15) is 0 Å². The summed E-state index contributed by atoms with van der Waals surface area (Å²) in [5.41, 5.74) is -0.347. The molecule has 0 spiro atoms. The van der Waals surface area contributed by atoms with Gasteiger partial charge in [0.25, 0.3) is 10.0 Å². The zero-order valence-electron chi connectivity index (χ0n) is 10.4. The van der Waals surface area contributed by atoms with Gasteiger partial charge in [-0.25, -0.2) is 22.0 Å². The average Bonchev–Trinajstić information content (AvgIpc) is 2.37. The highest BCUT2D eigenvalue weighted by Crippen LogP contribution is 2.18. The largest absolute Gasteiger partial charge is 0.478 e. The maximum absolute atomic E-state index is 13.0. The van der Waals surface area contributed by atoms with Crippen LogP contribution < -0.4 is 4.72 Å². The molecule has 0 heterocycles. The molecule has 2 N–H and O–H groups in total. The monoisotopic (exact) mass is 313 g/mol. The summed E-state index contributed by atoms with van der Waals surface area (Å²) in [6.45, 7) is 0. The van der Waals surface area contributed by atoms with Crippen LogP contribution in [0.2, 0.25) is 0 Å². The first-order chi connectivity index (χ1) is 9.78. The van der Waals surface area contributed by atoms with Gasteiger partial charge in [-0.1, -0.05) is 0 Å². The third-order valence-electron chi connectivity index (χ3n) is 2.53. The average molecular weight is 313 g/mol. The van der Waals surface area contributed by atoms with E-state index in [1.54, 1.807) is 0 Å². The van der Waals surface area contributed by atoms with E-state index in [-0.39, 0.29) is 16.1 Å². The van der Waals surface area contributed by atoms with Gasteiger partial charge in [0, 0.05) is 6.07 Å². The molecule has 0 atom stereocenters. The van der Waals surface area contributed by atoms with Crippen molar-refractivity contribution in [2.45, 2.75) is 4.90 Å². The SMILES string of the molecule is O=C(O)c1ccc(S(=O)(=O)Nc2cc(F)cc(F)c2)cc1. The Bertz CT molecular complexity index is 768. The first kappa shape index (κ1) is 14.9. The van der Waals surface area contributed by atoms with Crippen LogP contribution in [0.5, 0.6) is 0 Å². The van der Waals surface area contributed by atoms with Crippen molar-refractivity contribution >= 4 is 21.7 Å². The molecule has 0 aliphatic carbocycles. The van der Waals surface area contributed by atoms with E-state index >= 15 is 0 Å². The molecule has 2 rings (SSSR count). The quantitative estimate of drug-likeness (QED) is 0.908. The van der Waals surface area contributed by atoms with Crippen LogP contribution in [0.3, 0.4) is 0 Å². The predicted molar refractivity (Wildman–Crippen MR) is 70.6 cm³/mol. The Morgan fingerprint density at radius 2 is 1.52 bits per heavy atom. The van der Waals surface area contributed by atoms with Crippen LogP contribution in [0.15, 0.2) is 47.4 Å². The number of carbonyl (C=O) groups is 1. The van der Waals surface area contributed by atoms with E-state index in [9.17, 15) is 22.0 Å². The number of benzene rings is 2. The van der Waals surface area contributed by atoms with E-state index in [4.69, 9.17) is 5.11 Å². The van der Waals surface area contributed by atoms with E-state index in [1.807, 2.05) is 4.72 Å². The van der Waals surface area contributed by atoms with E-state index in [0.29, 0.717) is 6.07 Å². The van der Waals surface area contributed by atoms with Crippen molar-refractivity contribution in [1.29, 1.82) is 0 Å². The summed E-state index contributed by atoms with van der Waals surface area (Å²) in [4.78, 5) is 10.5. The predicted octanol–water partition coefficient (Wildman–Crippen LogP) is 2.46. The van der Waals surface area contributed by atoms with Crippen molar-refractivity contribution < 1.29 is 27.1 Å². The normalized spacial score (nSPS) is 11.1. The second-order valence-electron chi connectivity index (χ2n) is 4.09. The number of sulfonamides is 1. The number of nitrogens with one attached hydrogen (secondary N) is 1. The molecule has 21 heavy (non-hydrogen) atoms. The topological polar surface area (TPSA) is 83.5 Å². The first-order valence-electron chi connectivity index (χ1n) is 5.60. The summed E-state index contributed by atoms with van der Waals surface area (Å²) in [5, 5.41) is 8.73. The Hall–Kier alpha value is -2.48. The summed E-state index contributed by atoms with van der Waals surface area (Å²) in [6.07, 6.45) is 0. The standard InChI is InChI=1S/C13H9F2NO4S/c14-9-5-10(15)7-11(6-9)16-21(19,20)12-3-1-8(2-4-12)13(17)18/h1-7,16H,(H,17,18). The van der Waals surface area contributed by atoms with Crippen molar-refractivity contribution in [3.05, 3.63) is 59.7 Å². The van der Waals surface area contributed by atoms with E-state index in [1.165, 1.54) is 0 Å². The highest BCUT2D eigenvalue weighted by molar-refractivity contribution is 7.92. The fraction of sp³-hybridized carbons (Fsp3) is 0. The van der Waals surface area contributed by atoms with Crippen molar-refractivity contribution in [3.63, 3.8) is 0 Å². The minimum Gasteiger partial charge on any atom is -0.478 e. The number of halogens is 2. The van der Waals surface area contributed by atoms with E-state index in [0.717, 1.165) is 36.4 Å². The molecule has 0 unspecified atom stereocenters. The third kappa shape index (κ3) is 3.54. The number of carboxylic acid groups (broad SMARTS) is 1. The molecule has 0 saturated carbocycles. The van der Waals surface area contributed by atoms with E-state index in [2.05, 4.69) is 0 Å². The Kier molecular flexibility index (Phi) is 3.90. The number of rotatable bonds is 4. The van der Waals surface area contributed by atoms with Crippen LogP contribution in [-0.2, 0) is 10.0 Å². The minimum atomic E-state index is -4.07. The maximum Gasteiger partial charge on any atom is 0.335 e. The Morgan fingerprint density at radius 1 is 1.00 bits per heavy atom. The lowest BCUT2D eigenvalue weighted by molar-refractivity contribution is 0.0696. The van der Waals surface area contributed by atoms with Gasteiger partial charge in [0.15, 0.2) is 0 Å². The van der Waals surface area contributed by atoms with Crippen molar-refractivity contribution in [1.82, 2.24) is 0 Å². The molecule has 2 aromatic carbocycles. The van der Waals surface area contributed by atoms with Crippen molar-refractivity contribution in [3.8, 4) is 0 Å². The zero-order chi connectivity index (χ0) is 15.6. The van der Waals surface area contributed by atoms with Gasteiger partial charge in [0.1, 0.15) is 11.6 Å². The van der Waals surface area contributed by atoms with Gasteiger partial charge < -0.3 is 5.11 Å². The molecule has 0 aliphatic heterocycles. The number of carboxylic acids is 1. The number of anilines is 1. The van der Waals surface area contributed by atoms with Crippen LogP contribution in [-0.4, -0.2) is 19.5 Å². The highest BCUT2D eigenvalue weighted by Gasteiger charge is 2.16. The summed E-state index contributed by atoms with van der Waals surface area (Å²) < 4.78 is 52.0. The second kappa shape index (κ2) is 5.49. The highest BCUT2D eigenvalue weighted by atomic mass is 32.2. The molecule has 0 saturated heterocycles. The Morgan fingerprint density at radius 3 is 2.00 bits per heavy atom. The molecule has 8 heteroatoms. The van der Waals surface area contributed by atoms with Gasteiger partial charge in [0.2, 0.25) is 0 Å². The summed E-state index contributed by atoms with van der Waals surface area (Å²) in [6, 6.07) is 6.66. The second-order valence-corrected chi connectivity index (χ2v) is 5.78. The van der Waals surface area contributed by atoms with Gasteiger partial charge >= 0.3 is 5.97 Å². The lowest BCUT2D eigenvalue weighted by Crippen LogP contribution is -2.13. The minimum absolute atomic E-state index is 0.0780. The Labute approximate surface area is 118 Å². The van der Waals surface area contributed by atoms with Gasteiger partial charge in [-0.15, -0.1) is 0 Å². The molecule has 0 bridgehead atoms. The first-order valence-corrected chi connectivity index (χ1v) is 7.08. The van der Waals surface area contributed by atoms with Gasteiger partial charge in [-0.3, -0.25) is 4.72 Å². The molecular formula is C13H9F2NO4S. The van der Waals surface area contributed by atoms with Gasteiger partial charge in [0.05, 0.1) is 16.1 Å². The third-order valence-corrected chi connectivity index (χ3v) is 3.92. The maximum atomic E-state index is 13.0. The molecule has 110 valence electrons. The van der Waals surface area contributed by atoms with Crippen molar-refractivity contribution in [2.75, 3.05) is 4.72 Å². The van der Waals surface area contributed by atoms with E-state index < -0.39 is 27.6 Å². The summed E-state index contributed by atoms with van der Waals surface area (Å²) in [7, 11) is -4.07. The lowest BCUT2D eigenvalue weighted by Gasteiger charge is -2.08. The van der Waals surface area contributed by atoms with Crippen LogP contribution >= 0.6 is 0 Å². The smallest absolute Gasteiger partial charge is 0.335 e. The summed E-state index contributed by atoms with van der Waals surface area (Å²) in [5.74, 6) is -3.04. The fourth-order valence-electron chi connectivity index (χ4n) is 1.60. The Balaban J connectivity index is 2.31. The van der Waals surface area contributed by atoms with Crippen LogP contribution in [0, 0.1) is 11.6 Å². The van der Waals surface area contributed by atoms with Crippen molar-refractivity contribution in [2.24, 2.45) is 0 Å². The number of aromatic carboxylic acids is 1. The number of hydrogen-bond acceptors (Lipinski definition) is 3. The fourth-order valence-corrected chi connectivity index (χ4v) is 2.64. The molecule has 5 nitrogen and oxygen atoms in total. The molecule has 2 aromatic rings. The molecule has 0 amide bonds. The number of hydrogen-bond donors (Lipinski definition) is 2. The van der Waals surface area contributed by atoms with Crippen LogP contribution in [0.25, 0.3) is 0 Å². The molecule has 0 aliphatic rings. The molecular weight excluding hydrogens is 304 g/mol. The zero-order valence-corrected chi connectivity index (χ0v) is 11.2. The lowest BCUT2D eigenvalue weighted by atomic mass is 10.2. The van der Waals surface area contributed by atoms with Crippen LogP contribution in [0.1, 0.15) is 10.4 Å².